The lowest BCUT2D eigenvalue weighted by Gasteiger charge is -2.10. The van der Waals surface area contributed by atoms with Crippen LogP contribution in [0.4, 0.5) is 5.69 Å². The van der Waals surface area contributed by atoms with Crippen molar-refractivity contribution in [3.05, 3.63) is 64.2 Å². The Bertz CT molecular complexity index is 569. The van der Waals surface area contributed by atoms with E-state index < -0.39 is 0 Å². The fourth-order valence-electron chi connectivity index (χ4n) is 2.17. The normalized spacial score (nSPS) is 10.6. The first-order valence-corrected chi connectivity index (χ1v) is 7.25. The summed E-state index contributed by atoms with van der Waals surface area (Å²) >= 11 is 5.96. The SMILES string of the molecule is Cc1cc(Cl)ccc1CNc1cccc(CCCO)c1. The Kier molecular flexibility index (Phi) is 5.45. The molecule has 2 N–H and O–H groups in total. The van der Waals surface area contributed by atoms with E-state index in [0.29, 0.717) is 0 Å². The number of aliphatic hydroxyl groups excluding tert-OH is 1. The number of rotatable bonds is 6. The van der Waals surface area contributed by atoms with Gasteiger partial charge in [0.2, 0.25) is 0 Å². The molecule has 0 radical (unpaired) electrons. The number of hydrogen-bond acceptors (Lipinski definition) is 2. The minimum atomic E-state index is 0.238. The highest BCUT2D eigenvalue weighted by Crippen LogP contribution is 2.18. The Balaban J connectivity index is 1.99. The first-order chi connectivity index (χ1) is 9.69. The van der Waals surface area contributed by atoms with E-state index in [-0.39, 0.29) is 6.61 Å². The van der Waals surface area contributed by atoms with Gasteiger partial charge in [0.05, 0.1) is 0 Å². The number of anilines is 1. The van der Waals surface area contributed by atoms with Crippen molar-refractivity contribution in [3.8, 4) is 0 Å². The van der Waals surface area contributed by atoms with Crippen molar-refractivity contribution < 1.29 is 5.11 Å². The van der Waals surface area contributed by atoms with Gasteiger partial charge in [0, 0.05) is 23.9 Å². The quantitative estimate of drug-likeness (QED) is 0.836. The third-order valence-corrected chi connectivity index (χ3v) is 3.57. The zero-order chi connectivity index (χ0) is 14.4. The van der Waals surface area contributed by atoms with Gasteiger partial charge in [-0.15, -0.1) is 0 Å². The monoisotopic (exact) mass is 289 g/mol. The van der Waals surface area contributed by atoms with Crippen molar-refractivity contribution in [3.63, 3.8) is 0 Å². The molecule has 0 unspecified atom stereocenters. The van der Waals surface area contributed by atoms with Gasteiger partial charge in [-0.25, -0.2) is 0 Å². The molecule has 2 aromatic carbocycles. The average molecular weight is 290 g/mol. The van der Waals surface area contributed by atoms with Crippen molar-refractivity contribution in [2.75, 3.05) is 11.9 Å². The van der Waals surface area contributed by atoms with Crippen molar-refractivity contribution in [2.24, 2.45) is 0 Å². The summed E-state index contributed by atoms with van der Waals surface area (Å²) in [6.07, 6.45) is 1.71. The average Bonchev–Trinajstić information content (AvgIpc) is 2.45. The van der Waals surface area contributed by atoms with Gasteiger partial charge in [0.15, 0.2) is 0 Å². The highest BCUT2D eigenvalue weighted by atomic mass is 35.5. The van der Waals surface area contributed by atoms with Crippen molar-refractivity contribution in [1.82, 2.24) is 0 Å². The number of halogens is 1. The second kappa shape index (κ2) is 7.32. The maximum Gasteiger partial charge on any atom is 0.0434 e. The maximum absolute atomic E-state index is 8.88. The summed E-state index contributed by atoms with van der Waals surface area (Å²) in [5, 5.41) is 13.1. The van der Waals surface area contributed by atoms with Crippen LogP contribution < -0.4 is 5.32 Å². The van der Waals surface area contributed by atoms with Crippen LogP contribution in [-0.4, -0.2) is 11.7 Å². The highest BCUT2D eigenvalue weighted by molar-refractivity contribution is 6.30. The summed E-state index contributed by atoms with van der Waals surface area (Å²) in [6, 6.07) is 14.3. The standard InChI is InChI=1S/C17H20ClNO/c1-13-10-16(18)8-7-15(13)12-19-17-6-2-4-14(11-17)5-3-9-20/h2,4,6-8,10-11,19-20H,3,5,9,12H2,1H3. The number of nitrogens with one attached hydrogen (secondary N) is 1. The van der Waals surface area contributed by atoms with Gasteiger partial charge in [-0.3, -0.25) is 0 Å². The smallest absolute Gasteiger partial charge is 0.0434 e. The predicted molar refractivity (Wildman–Crippen MR) is 85.4 cm³/mol. The lowest BCUT2D eigenvalue weighted by Crippen LogP contribution is -2.01. The number of hydrogen-bond donors (Lipinski definition) is 2. The van der Waals surface area contributed by atoms with E-state index in [4.69, 9.17) is 16.7 Å². The van der Waals surface area contributed by atoms with Crippen LogP contribution >= 0.6 is 11.6 Å². The molecule has 0 fully saturated rings. The van der Waals surface area contributed by atoms with Crippen molar-refractivity contribution >= 4 is 17.3 Å². The molecule has 0 aliphatic rings. The molecule has 0 saturated carbocycles. The van der Waals surface area contributed by atoms with Crippen LogP contribution in [0, 0.1) is 6.92 Å². The zero-order valence-electron chi connectivity index (χ0n) is 11.7. The van der Waals surface area contributed by atoms with Crippen LogP contribution in [0.15, 0.2) is 42.5 Å². The van der Waals surface area contributed by atoms with E-state index in [9.17, 15) is 0 Å². The van der Waals surface area contributed by atoms with Crippen molar-refractivity contribution in [2.45, 2.75) is 26.3 Å². The van der Waals surface area contributed by atoms with Crippen LogP contribution in [0.25, 0.3) is 0 Å². The Labute approximate surface area is 125 Å². The molecule has 0 bridgehead atoms. The number of aryl methyl sites for hydroxylation is 2. The van der Waals surface area contributed by atoms with E-state index in [1.165, 1.54) is 16.7 Å². The van der Waals surface area contributed by atoms with Crippen LogP contribution in [0.1, 0.15) is 23.1 Å². The minimum absolute atomic E-state index is 0.238. The molecular formula is C17H20ClNO. The van der Waals surface area contributed by atoms with Gasteiger partial charge >= 0.3 is 0 Å². The van der Waals surface area contributed by atoms with E-state index in [1.807, 2.05) is 18.2 Å². The van der Waals surface area contributed by atoms with Gasteiger partial charge < -0.3 is 10.4 Å². The Morgan fingerprint density at radius 2 is 2.00 bits per heavy atom. The molecule has 2 nitrogen and oxygen atoms in total. The third-order valence-electron chi connectivity index (χ3n) is 3.34. The molecule has 0 atom stereocenters. The molecule has 0 amide bonds. The van der Waals surface area contributed by atoms with E-state index in [2.05, 4.69) is 36.5 Å². The van der Waals surface area contributed by atoms with Crippen LogP contribution in [0.5, 0.6) is 0 Å². The summed E-state index contributed by atoms with van der Waals surface area (Å²) in [6.45, 7) is 3.09. The summed E-state index contributed by atoms with van der Waals surface area (Å²) in [5.74, 6) is 0. The number of aliphatic hydroxyl groups is 1. The molecule has 2 rings (SSSR count). The van der Waals surface area contributed by atoms with E-state index >= 15 is 0 Å². The fraction of sp³-hybridized carbons (Fsp3) is 0.294. The van der Waals surface area contributed by atoms with Crippen LogP contribution in [-0.2, 0) is 13.0 Å². The molecule has 3 heteroatoms. The summed E-state index contributed by atoms with van der Waals surface area (Å²) < 4.78 is 0. The second-order valence-electron chi connectivity index (χ2n) is 4.95. The minimum Gasteiger partial charge on any atom is -0.396 e. The number of benzene rings is 2. The first kappa shape index (κ1) is 14.9. The first-order valence-electron chi connectivity index (χ1n) is 6.88. The molecular weight excluding hydrogens is 270 g/mol. The maximum atomic E-state index is 8.88. The fourth-order valence-corrected chi connectivity index (χ4v) is 2.40. The van der Waals surface area contributed by atoms with Crippen LogP contribution in [0.2, 0.25) is 5.02 Å². The van der Waals surface area contributed by atoms with E-state index in [1.54, 1.807) is 0 Å². The molecule has 106 valence electrons. The summed E-state index contributed by atoms with van der Waals surface area (Å²) in [7, 11) is 0. The lowest BCUT2D eigenvalue weighted by molar-refractivity contribution is 0.288. The molecule has 0 spiro atoms. The lowest BCUT2D eigenvalue weighted by atomic mass is 10.1. The van der Waals surface area contributed by atoms with Gasteiger partial charge in [-0.05, 0) is 60.7 Å². The zero-order valence-corrected chi connectivity index (χ0v) is 12.5. The van der Waals surface area contributed by atoms with Crippen LogP contribution in [0.3, 0.4) is 0 Å². The molecule has 0 aliphatic heterocycles. The molecule has 0 heterocycles. The Hall–Kier alpha value is -1.51. The van der Waals surface area contributed by atoms with Gasteiger partial charge in [0.25, 0.3) is 0 Å². The molecule has 0 saturated heterocycles. The molecule has 2 aromatic rings. The molecule has 20 heavy (non-hydrogen) atoms. The van der Waals surface area contributed by atoms with Gasteiger partial charge in [-0.2, -0.15) is 0 Å². The van der Waals surface area contributed by atoms with Gasteiger partial charge in [-0.1, -0.05) is 29.8 Å². The topological polar surface area (TPSA) is 32.3 Å². The Morgan fingerprint density at radius 1 is 1.15 bits per heavy atom. The predicted octanol–water partition coefficient (Wildman–Crippen LogP) is 4.19. The second-order valence-corrected chi connectivity index (χ2v) is 5.39. The summed E-state index contributed by atoms with van der Waals surface area (Å²) in [4.78, 5) is 0. The largest absolute Gasteiger partial charge is 0.396 e. The molecule has 0 aliphatic carbocycles. The summed E-state index contributed by atoms with van der Waals surface area (Å²) in [5.41, 5.74) is 4.79. The van der Waals surface area contributed by atoms with Crippen molar-refractivity contribution in [1.29, 1.82) is 0 Å². The Morgan fingerprint density at radius 3 is 2.75 bits per heavy atom. The molecule has 0 aromatic heterocycles. The highest BCUT2D eigenvalue weighted by Gasteiger charge is 2.00. The van der Waals surface area contributed by atoms with E-state index in [0.717, 1.165) is 30.1 Å². The van der Waals surface area contributed by atoms with Gasteiger partial charge in [0.1, 0.15) is 0 Å². The third kappa shape index (κ3) is 4.26.